The van der Waals surface area contributed by atoms with Gasteiger partial charge in [0.25, 0.3) is 0 Å². The summed E-state index contributed by atoms with van der Waals surface area (Å²) in [5.41, 5.74) is 17.5. The summed E-state index contributed by atoms with van der Waals surface area (Å²) in [4.78, 5) is 2.55. The molecule has 0 saturated carbocycles. The van der Waals surface area contributed by atoms with Gasteiger partial charge in [-0.05, 0) is 124 Å². The van der Waals surface area contributed by atoms with Crippen LogP contribution in [0.1, 0.15) is 44.5 Å². The fraction of sp³-hybridized carbons (Fsp3) is 0.0294. The largest absolute Gasteiger partial charge is 0.310 e. The van der Waals surface area contributed by atoms with Crippen molar-refractivity contribution in [3.05, 3.63) is 317 Å². The molecule has 0 saturated heterocycles. The molecule has 2 aliphatic rings. The average molecular weight is 876 g/mol. The van der Waals surface area contributed by atoms with Crippen molar-refractivity contribution in [2.45, 2.75) is 10.8 Å². The van der Waals surface area contributed by atoms with Crippen molar-refractivity contribution < 1.29 is 0 Å². The molecule has 0 aliphatic heterocycles. The number of hydrogen-bond acceptors (Lipinski definition) is 1. The second-order valence-electron chi connectivity index (χ2n) is 18.6. The van der Waals surface area contributed by atoms with Gasteiger partial charge in [-0.3, -0.25) is 0 Å². The van der Waals surface area contributed by atoms with Gasteiger partial charge in [0, 0.05) is 16.9 Å². The molecule has 0 fully saturated rings. The van der Waals surface area contributed by atoms with Gasteiger partial charge in [-0.1, -0.05) is 243 Å². The normalized spacial score (nSPS) is 13.7. The smallest absolute Gasteiger partial charge is 0.0714 e. The first-order valence-corrected chi connectivity index (χ1v) is 24.1. The third kappa shape index (κ3) is 5.53. The Labute approximate surface area is 402 Å². The van der Waals surface area contributed by atoms with Gasteiger partial charge in [-0.15, -0.1) is 0 Å². The van der Waals surface area contributed by atoms with E-state index in [-0.39, 0.29) is 0 Å². The highest BCUT2D eigenvalue weighted by molar-refractivity contribution is 6.26. The quantitative estimate of drug-likeness (QED) is 0.144. The highest BCUT2D eigenvalue weighted by Crippen LogP contribution is 2.61. The number of fused-ring (bicyclic) bond motifs is 12. The summed E-state index contributed by atoms with van der Waals surface area (Å²) in [5, 5.41) is 7.55. The molecule has 0 bridgehead atoms. The minimum absolute atomic E-state index is 0.501. The number of nitrogens with zero attached hydrogens (tertiary/aromatic N) is 1. The Kier molecular flexibility index (Phi) is 8.78. The van der Waals surface area contributed by atoms with E-state index in [0.717, 1.165) is 17.1 Å². The first-order valence-electron chi connectivity index (χ1n) is 24.1. The maximum atomic E-state index is 2.55. The Balaban J connectivity index is 1.09. The Morgan fingerprint density at radius 1 is 0.232 bits per heavy atom. The van der Waals surface area contributed by atoms with Crippen LogP contribution in [0.15, 0.2) is 273 Å². The third-order valence-corrected chi connectivity index (χ3v) is 15.4. The van der Waals surface area contributed by atoms with E-state index in [1.54, 1.807) is 0 Å². The fourth-order valence-electron chi connectivity index (χ4n) is 12.7. The molecule has 0 spiro atoms. The predicted octanol–water partition coefficient (Wildman–Crippen LogP) is 17.3. The van der Waals surface area contributed by atoms with Crippen LogP contribution in [0.25, 0.3) is 54.6 Å². The van der Waals surface area contributed by atoms with Crippen molar-refractivity contribution in [1.82, 2.24) is 0 Å². The van der Waals surface area contributed by atoms with E-state index in [1.807, 2.05) is 0 Å². The molecule has 2 aliphatic carbocycles. The summed E-state index contributed by atoms with van der Waals surface area (Å²) in [6.45, 7) is 0. The van der Waals surface area contributed by atoms with Crippen LogP contribution in [-0.2, 0) is 10.8 Å². The SMILES string of the molecule is c1ccc(C2(c3ccccc3)c3ccccc3-c3cc(N(c4ccc5c6ccccc6c6ccccc6c5c4)c4cccc5c4-c4ccccc4C5(c4ccccc4)c4ccccc4)ccc32)cc1. The van der Waals surface area contributed by atoms with Gasteiger partial charge < -0.3 is 4.90 Å². The molecule has 0 radical (unpaired) electrons. The van der Waals surface area contributed by atoms with E-state index in [4.69, 9.17) is 0 Å². The average Bonchev–Trinajstić information content (AvgIpc) is 3.91. The first-order chi connectivity index (χ1) is 34.3. The number of hydrogen-bond donors (Lipinski definition) is 0. The topological polar surface area (TPSA) is 3.24 Å². The van der Waals surface area contributed by atoms with Crippen LogP contribution in [0.4, 0.5) is 17.1 Å². The zero-order valence-corrected chi connectivity index (χ0v) is 37.9. The minimum Gasteiger partial charge on any atom is -0.310 e. The highest BCUT2D eigenvalue weighted by atomic mass is 15.1. The predicted molar refractivity (Wildman–Crippen MR) is 288 cm³/mol. The van der Waals surface area contributed by atoms with Crippen molar-refractivity contribution >= 4 is 49.4 Å². The summed E-state index contributed by atoms with van der Waals surface area (Å²) >= 11 is 0. The fourth-order valence-corrected chi connectivity index (χ4v) is 12.7. The van der Waals surface area contributed by atoms with Gasteiger partial charge in [0.05, 0.1) is 16.5 Å². The molecule has 322 valence electrons. The summed E-state index contributed by atoms with van der Waals surface area (Å²) in [7, 11) is 0. The lowest BCUT2D eigenvalue weighted by Crippen LogP contribution is -2.28. The van der Waals surface area contributed by atoms with Crippen molar-refractivity contribution in [3.63, 3.8) is 0 Å². The molecule has 0 aromatic heterocycles. The summed E-state index contributed by atoms with van der Waals surface area (Å²) < 4.78 is 0. The third-order valence-electron chi connectivity index (χ3n) is 15.4. The van der Waals surface area contributed by atoms with Crippen molar-refractivity contribution in [2.75, 3.05) is 4.90 Å². The number of benzene rings is 12. The van der Waals surface area contributed by atoms with Crippen LogP contribution < -0.4 is 4.90 Å². The molecule has 14 rings (SSSR count). The second kappa shape index (κ2) is 15.4. The standard InChI is InChI=1S/C68H45N/c1-5-22-46(23-6-1)67(47-24-7-2-8-25-47)61-36-19-17-34-57(61)60-45-51(41-43-63(60)67)69(50-40-42-56-54-32-14-13-30-52(54)53-31-15-16-33-55(53)59(56)44-50)65-39-21-38-64-66(65)58-35-18-20-37-62(58)68(64,48-26-9-3-10-27-48)49-28-11-4-12-29-49/h1-45H. The first kappa shape index (κ1) is 39.4. The maximum Gasteiger partial charge on any atom is 0.0714 e. The van der Waals surface area contributed by atoms with Gasteiger partial charge in [0.15, 0.2) is 0 Å². The van der Waals surface area contributed by atoms with Crippen molar-refractivity contribution in [3.8, 4) is 22.3 Å². The molecule has 69 heavy (non-hydrogen) atoms. The molecule has 0 unspecified atom stereocenters. The number of anilines is 3. The van der Waals surface area contributed by atoms with E-state index >= 15 is 0 Å². The second-order valence-corrected chi connectivity index (χ2v) is 18.6. The van der Waals surface area contributed by atoms with Gasteiger partial charge in [-0.2, -0.15) is 0 Å². The maximum absolute atomic E-state index is 2.55. The Bertz CT molecular complexity index is 3830. The molecule has 0 heterocycles. The Hall–Kier alpha value is -8.78. The van der Waals surface area contributed by atoms with Gasteiger partial charge in [-0.25, -0.2) is 0 Å². The zero-order valence-electron chi connectivity index (χ0n) is 37.9. The van der Waals surface area contributed by atoms with Gasteiger partial charge >= 0.3 is 0 Å². The monoisotopic (exact) mass is 875 g/mol. The molecule has 1 nitrogen and oxygen atoms in total. The lowest BCUT2D eigenvalue weighted by atomic mass is 9.67. The molecule has 0 N–H and O–H groups in total. The Morgan fingerprint density at radius 3 is 1.16 bits per heavy atom. The molecule has 12 aromatic rings. The molecule has 0 amide bonds. The van der Waals surface area contributed by atoms with E-state index in [9.17, 15) is 0 Å². The van der Waals surface area contributed by atoms with Crippen molar-refractivity contribution in [2.24, 2.45) is 0 Å². The highest BCUT2D eigenvalue weighted by Gasteiger charge is 2.48. The lowest BCUT2D eigenvalue weighted by molar-refractivity contribution is 0.768. The van der Waals surface area contributed by atoms with Crippen molar-refractivity contribution in [1.29, 1.82) is 0 Å². The molecular weight excluding hydrogens is 831 g/mol. The van der Waals surface area contributed by atoms with Crippen LogP contribution in [0.3, 0.4) is 0 Å². The van der Waals surface area contributed by atoms with Crippen LogP contribution >= 0.6 is 0 Å². The summed E-state index contributed by atoms with van der Waals surface area (Å²) in [6.07, 6.45) is 0. The van der Waals surface area contributed by atoms with Crippen LogP contribution in [-0.4, -0.2) is 0 Å². The lowest BCUT2D eigenvalue weighted by Gasteiger charge is -2.35. The van der Waals surface area contributed by atoms with E-state index in [1.165, 1.54) is 99.1 Å². The van der Waals surface area contributed by atoms with E-state index in [2.05, 4.69) is 278 Å². The van der Waals surface area contributed by atoms with Gasteiger partial charge in [0.2, 0.25) is 0 Å². The molecule has 12 aromatic carbocycles. The van der Waals surface area contributed by atoms with Gasteiger partial charge in [0.1, 0.15) is 0 Å². The van der Waals surface area contributed by atoms with Crippen LogP contribution in [0, 0.1) is 0 Å². The summed E-state index contributed by atoms with van der Waals surface area (Å²) in [6, 6.07) is 102. The van der Waals surface area contributed by atoms with E-state index in [0.29, 0.717) is 0 Å². The molecule has 0 atom stereocenters. The van der Waals surface area contributed by atoms with E-state index < -0.39 is 10.8 Å². The van der Waals surface area contributed by atoms with Crippen LogP contribution in [0.5, 0.6) is 0 Å². The minimum atomic E-state index is -0.545. The number of rotatable bonds is 7. The summed E-state index contributed by atoms with van der Waals surface area (Å²) in [5.74, 6) is 0. The molecular formula is C68H45N. The Morgan fingerprint density at radius 2 is 0.609 bits per heavy atom. The molecule has 1 heteroatoms. The van der Waals surface area contributed by atoms with Crippen LogP contribution in [0.2, 0.25) is 0 Å². The zero-order chi connectivity index (χ0) is 45.5.